The van der Waals surface area contributed by atoms with Gasteiger partial charge in [-0.15, -0.1) is 0 Å². The molecule has 1 heterocycles. The van der Waals surface area contributed by atoms with E-state index in [0.717, 1.165) is 13.1 Å². The van der Waals surface area contributed by atoms with Gasteiger partial charge >= 0.3 is 5.97 Å². The molecule has 3 N–H and O–H groups in total. The van der Waals surface area contributed by atoms with Gasteiger partial charge in [-0.2, -0.15) is 0 Å². The molecule has 1 saturated heterocycles. The normalized spacial score (nSPS) is 20.1. The number of carboxylic acids is 1. The summed E-state index contributed by atoms with van der Waals surface area (Å²) in [6.07, 6.45) is 0.413. The van der Waals surface area contributed by atoms with Gasteiger partial charge in [-0.05, 0) is 25.4 Å². The van der Waals surface area contributed by atoms with E-state index < -0.39 is 12.0 Å². The second-order valence-electron chi connectivity index (χ2n) is 4.01. The highest BCUT2D eigenvalue weighted by Gasteiger charge is 2.30. The van der Waals surface area contributed by atoms with Crippen LogP contribution < -0.4 is 10.6 Å². The SMILES string of the molecule is CC[C@@H](NC(=O)C(C)C1CNC1)C(=O)O. The van der Waals surface area contributed by atoms with Crippen molar-refractivity contribution >= 4 is 11.9 Å². The number of amides is 1. The second-order valence-corrected chi connectivity index (χ2v) is 4.01. The van der Waals surface area contributed by atoms with Gasteiger partial charge in [-0.3, -0.25) is 4.79 Å². The van der Waals surface area contributed by atoms with E-state index >= 15 is 0 Å². The van der Waals surface area contributed by atoms with Crippen molar-refractivity contribution in [2.45, 2.75) is 26.3 Å². The fourth-order valence-corrected chi connectivity index (χ4v) is 1.52. The molecule has 1 amide bonds. The van der Waals surface area contributed by atoms with E-state index in [9.17, 15) is 9.59 Å². The van der Waals surface area contributed by atoms with Crippen molar-refractivity contribution in [3.05, 3.63) is 0 Å². The highest BCUT2D eigenvalue weighted by Crippen LogP contribution is 2.16. The zero-order chi connectivity index (χ0) is 11.4. The Kier molecular flexibility index (Phi) is 4.08. The Bertz CT molecular complexity index is 251. The minimum Gasteiger partial charge on any atom is -0.480 e. The average molecular weight is 214 g/mol. The summed E-state index contributed by atoms with van der Waals surface area (Å²) in [4.78, 5) is 22.4. The third-order valence-electron chi connectivity index (χ3n) is 2.96. The van der Waals surface area contributed by atoms with Crippen LogP contribution in [0.1, 0.15) is 20.3 Å². The van der Waals surface area contributed by atoms with Crippen molar-refractivity contribution in [1.82, 2.24) is 10.6 Å². The molecular weight excluding hydrogens is 196 g/mol. The standard InChI is InChI=1S/C10H18N2O3/c1-3-8(10(14)15)12-9(13)6(2)7-4-11-5-7/h6-8,11H,3-5H2,1-2H3,(H,12,13)(H,14,15)/t6?,8-/m1/s1. The fourth-order valence-electron chi connectivity index (χ4n) is 1.52. The molecule has 0 bridgehead atoms. The number of aliphatic carboxylic acids is 1. The molecule has 0 aromatic carbocycles. The number of hydrogen-bond acceptors (Lipinski definition) is 3. The lowest BCUT2D eigenvalue weighted by Gasteiger charge is -2.32. The molecule has 2 atom stereocenters. The zero-order valence-electron chi connectivity index (χ0n) is 9.12. The monoisotopic (exact) mass is 214 g/mol. The largest absolute Gasteiger partial charge is 0.480 e. The zero-order valence-corrected chi connectivity index (χ0v) is 9.12. The topological polar surface area (TPSA) is 78.4 Å². The van der Waals surface area contributed by atoms with Crippen molar-refractivity contribution in [3.63, 3.8) is 0 Å². The van der Waals surface area contributed by atoms with Gasteiger partial charge in [0.25, 0.3) is 0 Å². The molecule has 5 heteroatoms. The molecule has 1 unspecified atom stereocenters. The van der Waals surface area contributed by atoms with Crippen molar-refractivity contribution in [3.8, 4) is 0 Å². The van der Waals surface area contributed by atoms with E-state index in [0.29, 0.717) is 12.3 Å². The van der Waals surface area contributed by atoms with Gasteiger partial charge in [0, 0.05) is 5.92 Å². The molecule has 15 heavy (non-hydrogen) atoms. The predicted molar refractivity (Wildman–Crippen MR) is 55.4 cm³/mol. The summed E-state index contributed by atoms with van der Waals surface area (Å²) in [5.74, 6) is -0.892. The third kappa shape index (κ3) is 2.92. The Morgan fingerprint density at radius 2 is 2.13 bits per heavy atom. The van der Waals surface area contributed by atoms with Gasteiger partial charge in [0.1, 0.15) is 6.04 Å². The molecule has 0 aromatic heterocycles. The lowest BCUT2D eigenvalue weighted by molar-refractivity contribution is -0.142. The van der Waals surface area contributed by atoms with Gasteiger partial charge < -0.3 is 15.7 Å². The Morgan fingerprint density at radius 3 is 2.47 bits per heavy atom. The first kappa shape index (κ1) is 12.0. The van der Waals surface area contributed by atoms with Crippen molar-refractivity contribution in [2.75, 3.05) is 13.1 Å². The number of rotatable bonds is 5. The highest BCUT2D eigenvalue weighted by molar-refractivity contribution is 5.84. The summed E-state index contributed by atoms with van der Waals surface area (Å²) in [6, 6.07) is -0.756. The Morgan fingerprint density at radius 1 is 1.53 bits per heavy atom. The summed E-state index contributed by atoms with van der Waals surface area (Å²) in [5.41, 5.74) is 0. The van der Waals surface area contributed by atoms with Crippen LogP contribution in [0.5, 0.6) is 0 Å². The van der Waals surface area contributed by atoms with Crippen LogP contribution in [0.25, 0.3) is 0 Å². The fraction of sp³-hybridized carbons (Fsp3) is 0.800. The van der Waals surface area contributed by atoms with Crippen LogP contribution >= 0.6 is 0 Å². The van der Waals surface area contributed by atoms with Gasteiger partial charge in [0.05, 0.1) is 0 Å². The smallest absolute Gasteiger partial charge is 0.326 e. The molecule has 0 radical (unpaired) electrons. The van der Waals surface area contributed by atoms with Crippen LogP contribution in [0.2, 0.25) is 0 Å². The van der Waals surface area contributed by atoms with Gasteiger partial charge in [-0.1, -0.05) is 13.8 Å². The molecule has 0 aromatic rings. The van der Waals surface area contributed by atoms with Crippen molar-refractivity contribution in [1.29, 1.82) is 0 Å². The van der Waals surface area contributed by atoms with Crippen LogP contribution in [-0.4, -0.2) is 36.1 Å². The first-order valence-electron chi connectivity index (χ1n) is 5.30. The summed E-state index contributed by atoms with van der Waals surface area (Å²) in [6.45, 7) is 5.28. The van der Waals surface area contributed by atoms with E-state index in [1.54, 1.807) is 6.92 Å². The first-order chi connectivity index (χ1) is 7.06. The minimum atomic E-state index is -0.968. The molecule has 1 rings (SSSR count). The first-order valence-corrected chi connectivity index (χ1v) is 5.30. The number of nitrogens with one attached hydrogen (secondary N) is 2. The van der Waals surface area contributed by atoms with E-state index in [1.165, 1.54) is 0 Å². The van der Waals surface area contributed by atoms with E-state index in [2.05, 4.69) is 10.6 Å². The molecule has 86 valence electrons. The van der Waals surface area contributed by atoms with Crippen molar-refractivity contribution < 1.29 is 14.7 Å². The molecule has 1 aliphatic rings. The van der Waals surface area contributed by atoms with Crippen LogP contribution in [0.15, 0.2) is 0 Å². The Hall–Kier alpha value is -1.10. The Balaban J connectivity index is 2.42. The molecule has 1 fully saturated rings. The maximum atomic E-state index is 11.6. The number of hydrogen-bond donors (Lipinski definition) is 3. The summed E-state index contributed by atoms with van der Waals surface area (Å²) < 4.78 is 0. The summed E-state index contributed by atoms with van der Waals surface area (Å²) in [7, 11) is 0. The van der Waals surface area contributed by atoms with Crippen molar-refractivity contribution in [2.24, 2.45) is 11.8 Å². The van der Waals surface area contributed by atoms with Crippen LogP contribution in [0.4, 0.5) is 0 Å². The van der Waals surface area contributed by atoms with Crippen LogP contribution in [-0.2, 0) is 9.59 Å². The van der Waals surface area contributed by atoms with Gasteiger partial charge in [0.15, 0.2) is 0 Å². The molecule has 0 saturated carbocycles. The maximum absolute atomic E-state index is 11.6. The van der Waals surface area contributed by atoms with E-state index in [1.807, 2.05) is 6.92 Å². The maximum Gasteiger partial charge on any atom is 0.326 e. The number of carbonyl (C=O) groups excluding carboxylic acids is 1. The number of carboxylic acid groups (broad SMARTS) is 1. The minimum absolute atomic E-state index is 0.111. The van der Waals surface area contributed by atoms with E-state index in [-0.39, 0.29) is 11.8 Å². The third-order valence-corrected chi connectivity index (χ3v) is 2.96. The van der Waals surface area contributed by atoms with Gasteiger partial charge in [-0.25, -0.2) is 4.79 Å². The van der Waals surface area contributed by atoms with E-state index in [4.69, 9.17) is 5.11 Å². The highest BCUT2D eigenvalue weighted by atomic mass is 16.4. The second kappa shape index (κ2) is 5.11. The van der Waals surface area contributed by atoms with Gasteiger partial charge in [0.2, 0.25) is 5.91 Å². The molecule has 0 aliphatic carbocycles. The van der Waals surface area contributed by atoms with Crippen LogP contribution in [0.3, 0.4) is 0 Å². The lowest BCUT2D eigenvalue weighted by Crippen LogP contribution is -2.52. The summed E-state index contributed by atoms with van der Waals surface area (Å²) >= 11 is 0. The molecule has 0 spiro atoms. The molecular formula is C10H18N2O3. The van der Waals surface area contributed by atoms with Crippen LogP contribution in [0, 0.1) is 11.8 Å². The molecule has 5 nitrogen and oxygen atoms in total. The average Bonchev–Trinajstić information content (AvgIpc) is 2.10. The molecule has 1 aliphatic heterocycles. The predicted octanol–water partition coefficient (Wildman–Crippen LogP) is -0.179. The lowest BCUT2D eigenvalue weighted by atomic mass is 9.88. The Labute approximate surface area is 89.2 Å². The number of carbonyl (C=O) groups is 2. The quantitative estimate of drug-likeness (QED) is 0.593. The summed E-state index contributed by atoms with van der Waals surface area (Å²) in [5, 5.41) is 14.4.